The number of rotatable bonds is 3. The quantitative estimate of drug-likeness (QED) is 0.780. The zero-order valence-electron chi connectivity index (χ0n) is 16.3. The van der Waals surface area contributed by atoms with Gasteiger partial charge in [-0.2, -0.15) is 4.98 Å². The highest BCUT2D eigenvalue weighted by molar-refractivity contribution is 5.94. The number of morpholine rings is 1. The third-order valence-corrected chi connectivity index (χ3v) is 5.18. The number of ether oxygens (including phenoxy) is 1. The lowest BCUT2D eigenvalue weighted by Crippen LogP contribution is -2.49. The van der Waals surface area contributed by atoms with Crippen molar-refractivity contribution in [2.24, 2.45) is 0 Å². The van der Waals surface area contributed by atoms with Crippen molar-refractivity contribution in [2.45, 2.75) is 6.92 Å². The van der Waals surface area contributed by atoms with Crippen LogP contribution in [0.4, 0.5) is 20.5 Å². The Bertz CT molecular complexity index is 896. The largest absolute Gasteiger partial charge is 0.378 e. The molecule has 29 heavy (non-hydrogen) atoms. The molecule has 1 amide bonds. The first-order chi connectivity index (χ1) is 14.0. The van der Waals surface area contributed by atoms with Gasteiger partial charge in [-0.15, -0.1) is 0 Å². The normalized spacial score (nSPS) is 17.6. The van der Waals surface area contributed by atoms with Crippen LogP contribution >= 0.6 is 0 Å². The average molecular weight is 403 g/mol. The van der Waals surface area contributed by atoms with Crippen LogP contribution in [0.25, 0.3) is 0 Å². The van der Waals surface area contributed by atoms with Gasteiger partial charge in [0.05, 0.1) is 13.2 Å². The van der Waals surface area contributed by atoms with E-state index in [2.05, 4.69) is 9.88 Å². The fraction of sp³-hybridized carbons (Fsp3) is 0.450. The molecule has 0 N–H and O–H groups in total. The zero-order valence-corrected chi connectivity index (χ0v) is 16.3. The Hall–Kier alpha value is -2.81. The Morgan fingerprint density at radius 3 is 2.34 bits per heavy atom. The molecule has 0 aliphatic carbocycles. The third-order valence-electron chi connectivity index (χ3n) is 5.18. The van der Waals surface area contributed by atoms with Gasteiger partial charge in [-0.1, -0.05) is 0 Å². The number of hydrogen-bond donors (Lipinski definition) is 0. The molecular weight excluding hydrogens is 380 g/mol. The van der Waals surface area contributed by atoms with E-state index >= 15 is 0 Å². The van der Waals surface area contributed by atoms with Crippen LogP contribution in [-0.4, -0.2) is 73.3 Å². The first-order valence-electron chi connectivity index (χ1n) is 9.69. The molecule has 3 heterocycles. The minimum Gasteiger partial charge on any atom is -0.378 e. The van der Waals surface area contributed by atoms with Crippen LogP contribution in [-0.2, 0) is 4.74 Å². The molecule has 0 saturated carbocycles. The van der Waals surface area contributed by atoms with Crippen LogP contribution in [0.5, 0.6) is 0 Å². The van der Waals surface area contributed by atoms with Gasteiger partial charge < -0.3 is 19.4 Å². The number of aromatic nitrogens is 2. The summed E-state index contributed by atoms with van der Waals surface area (Å²) in [6.45, 7) is 6.97. The Morgan fingerprint density at radius 2 is 1.66 bits per heavy atom. The lowest BCUT2D eigenvalue weighted by atomic mass is 10.1. The number of nitrogens with zero attached hydrogens (tertiary/aromatic N) is 5. The van der Waals surface area contributed by atoms with Gasteiger partial charge in [0.25, 0.3) is 5.91 Å². The second-order valence-corrected chi connectivity index (χ2v) is 7.18. The van der Waals surface area contributed by atoms with Crippen molar-refractivity contribution in [3.05, 3.63) is 47.2 Å². The summed E-state index contributed by atoms with van der Waals surface area (Å²) in [6.07, 6.45) is 0. The number of hydrogen-bond acceptors (Lipinski definition) is 6. The van der Waals surface area contributed by atoms with Crippen molar-refractivity contribution in [1.82, 2.24) is 14.9 Å². The number of carbonyl (C=O) groups excluding carboxylic acids is 1. The summed E-state index contributed by atoms with van der Waals surface area (Å²) >= 11 is 0. The van der Waals surface area contributed by atoms with Crippen LogP contribution in [0.2, 0.25) is 0 Å². The van der Waals surface area contributed by atoms with Gasteiger partial charge in [0, 0.05) is 56.6 Å². The summed E-state index contributed by atoms with van der Waals surface area (Å²) in [5.41, 5.74) is 1.04. The molecule has 2 fully saturated rings. The van der Waals surface area contributed by atoms with Gasteiger partial charge in [0.15, 0.2) is 11.6 Å². The number of aryl methyl sites for hydroxylation is 1. The highest BCUT2D eigenvalue weighted by Gasteiger charge is 2.25. The van der Waals surface area contributed by atoms with Crippen molar-refractivity contribution >= 4 is 17.7 Å². The Morgan fingerprint density at radius 1 is 0.931 bits per heavy atom. The SMILES string of the molecule is Cc1cc(N2CCOCC2)nc(N2CCN(C(=O)c3ccc(F)c(F)c3)CC2)n1. The summed E-state index contributed by atoms with van der Waals surface area (Å²) in [4.78, 5) is 27.7. The molecule has 2 aliphatic heterocycles. The highest BCUT2D eigenvalue weighted by atomic mass is 19.2. The molecule has 0 unspecified atom stereocenters. The molecule has 2 saturated heterocycles. The van der Waals surface area contributed by atoms with Gasteiger partial charge in [-0.3, -0.25) is 4.79 Å². The maximum Gasteiger partial charge on any atom is 0.254 e. The fourth-order valence-electron chi connectivity index (χ4n) is 3.55. The lowest BCUT2D eigenvalue weighted by Gasteiger charge is -2.35. The fourth-order valence-corrected chi connectivity index (χ4v) is 3.55. The van der Waals surface area contributed by atoms with Crippen molar-refractivity contribution in [1.29, 1.82) is 0 Å². The Kier molecular flexibility index (Phi) is 5.57. The van der Waals surface area contributed by atoms with Crippen LogP contribution in [0.15, 0.2) is 24.3 Å². The second-order valence-electron chi connectivity index (χ2n) is 7.18. The van der Waals surface area contributed by atoms with E-state index in [4.69, 9.17) is 9.72 Å². The molecule has 2 aromatic rings. The molecule has 1 aromatic heterocycles. The molecule has 0 atom stereocenters. The van der Waals surface area contributed by atoms with Gasteiger partial charge in [0.1, 0.15) is 5.82 Å². The minimum atomic E-state index is -1.02. The van der Waals surface area contributed by atoms with Crippen LogP contribution in [0, 0.1) is 18.6 Å². The first kappa shape index (κ1) is 19.5. The molecule has 2 aliphatic rings. The van der Waals surface area contributed by atoms with Gasteiger partial charge >= 0.3 is 0 Å². The van der Waals surface area contributed by atoms with E-state index in [9.17, 15) is 13.6 Å². The molecule has 154 valence electrons. The number of carbonyl (C=O) groups is 1. The number of piperazine rings is 1. The Labute approximate surface area is 167 Å². The highest BCUT2D eigenvalue weighted by Crippen LogP contribution is 2.20. The molecule has 0 spiro atoms. The third kappa shape index (κ3) is 4.29. The van der Waals surface area contributed by atoms with Crippen molar-refractivity contribution in [3.63, 3.8) is 0 Å². The molecule has 4 rings (SSSR count). The lowest BCUT2D eigenvalue weighted by molar-refractivity contribution is 0.0745. The summed E-state index contributed by atoms with van der Waals surface area (Å²) in [6, 6.07) is 5.21. The monoisotopic (exact) mass is 403 g/mol. The van der Waals surface area contributed by atoms with E-state index < -0.39 is 11.6 Å². The topological polar surface area (TPSA) is 61.8 Å². The van der Waals surface area contributed by atoms with E-state index in [1.807, 2.05) is 17.9 Å². The zero-order chi connectivity index (χ0) is 20.4. The second kappa shape index (κ2) is 8.28. The van der Waals surface area contributed by atoms with Crippen molar-refractivity contribution in [2.75, 3.05) is 62.3 Å². The Balaban J connectivity index is 1.43. The molecular formula is C20H23F2N5O2. The minimum absolute atomic E-state index is 0.152. The first-order valence-corrected chi connectivity index (χ1v) is 9.69. The van der Waals surface area contributed by atoms with Crippen LogP contribution < -0.4 is 9.80 Å². The van der Waals surface area contributed by atoms with Crippen molar-refractivity contribution < 1.29 is 18.3 Å². The predicted molar refractivity (Wildman–Crippen MR) is 104 cm³/mol. The number of benzene rings is 1. The van der Waals surface area contributed by atoms with E-state index in [1.54, 1.807) is 4.90 Å². The van der Waals surface area contributed by atoms with Crippen molar-refractivity contribution in [3.8, 4) is 0 Å². The molecule has 0 radical (unpaired) electrons. The molecule has 9 heteroatoms. The van der Waals surface area contributed by atoms with Gasteiger partial charge in [-0.05, 0) is 25.1 Å². The van der Waals surface area contributed by atoms with E-state index in [0.29, 0.717) is 45.3 Å². The maximum atomic E-state index is 13.4. The number of halogens is 2. The number of amides is 1. The van der Waals surface area contributed by atoms with Gasteiger partial charge in [-0.25, -0.2) is 13.8 Å². The molecule has 0 bridgehead atoms. The van der Waals surface area contributed by atoms with E-state index in [0.717, 1.165) is 36.7 Å². The van der Waals surface area contributed by atoms with Gasteiger partial charge in [0.2, 0.25) is 5.95 Å². The number of anilines is 2. The molecule has 1 aromatic carbocycles. The smallest absolute Gasteiger partial charge is 0.254 e. The standard InChI is InChI=1S/C20H23F2N5O2/c1-14-12-18(25-8-10-29-11-9-25)24-20(23-14)27-6-4-26(5-7-27)19(28)15-2-3-16(21)17(22)13-15/h2-3,12-13H,4-11H2,1H3. The van der Waals surface area contributed by atoms with E-state index in [1.165, 1.54) is 6.07 Å². The summed E-state index contributed by atoms with van der Waals surface area (Å²) < 4.78 is 32.0. The maximum absolute atomic E-state index is 13.4. The average Bonchev–Trinajstić information content (AvgIpc) is 2.75. The molecule has 7 nitrogen and oxygen atoms in total. The van der Waals surface area contributed by atoms with Crippen LogP contribution in [0.3, 0.4) is 0 Å². The summed E-state index contributed by atoms with van der Waals surface area (Å²) in [7, 11) is 0. The summed E-state index contributed by atoms with van der Waals surface area (Å²) in [5.74, 6) is -0.748. The predicted octanol–water partition coefficient (Wildman–Crippen LogP) is 1.86. The van der Waals surface area contributed by atoms with E-state index in [-0.39, 0.29) is 11.5 Å². The summed E-state index contributed by atoms with van der Waals surface area (Å²) in [5, 5.41) is 0. The van der Waals surface area contributed by atoms with Crippen LogP contribution in [0.1, 0.15) is 16.1 Å².